The van der Waals surface area contributed by atoms with Gasteiger partial charge in [0.15, 0.2) is 0 Å². The summed E-state index contributed by atoms with van der Waals surface area (Å²) in [5.74, 6) is 0. The normalized spacial score (nSPS) is 11.1. The molecule has 0 bridgehead atoms. The lowest BCUT2D eigenvalue weighted by Gasteiger charge is -2.09. The van der Waals surface area contributed by atoms with Crippen LogP contribution in [0.25, 0.3) is 10.9 Å². The third kappa shape index (κ3) is 2.63. The summed E-state index contributed by atoms with van der Waals surface area (Å²) in [6, 6.07) is 6.39. The van der Waals surface area contributed by atoms with Crippen LogP contribution >= 0.6 is 27.5 Å². The van der Waals surface area contributed by atoms with Gasteiger partial charge >= 0.3 is 0 Å². The molecule has 0 radical (unpaired) electrons. The number of nitrogens with zero attached hydrogens (tertiary/aromatic N) is 1. The van der Waals surface area contributed by atoms with E-state index in [9.17, 15) is 0 Å². The van der Waals surface area contributed by atoms with Crippen molar-refractivity contribution < 1.29 is 0 Å². The van der Waals surface area contributed by atoms with E-state index >= 15 is 0 Å². The van der Waals surface area contributed by atoms with E-state index in [4.69, 9.17) is 11.6 Å². The Morgan fingerprint density at radius 1 is 1.18 bits per heavy atom. The number of halogens is 2. The van der Waals surface area contributed by atoms with Gasteiger partial charge in [0, 0.05) is 9.86 Å². The first-order valence-corrected chi connectivity index (χ1v) is 7.10. The Morgan fingerprint density at radius 3 is 2.59 bits per heavy atom. The highest BCUT2D eigenvalue weighted by Crippen LogP contribution is 2.27. The van der Waals surface area contributed by atoms with Gasteiger partial charge in [-0.15, -0.1) is 0 Å². The van der Waals surface area contributed by atoms with Gasteiger partial charge in [-0.3, -0.25) is 0 Å². The number of rotatable bonds is 3. The molecule has 0 saturated carbocycles. The number of pyridine rings is 1. The van der Waals surface area contributed by atoms with Gasteiger partial charge in [-0.05, 0) is 42.2 Å². The molecule has 2 rings (SSSR count). The Bertz CT molecular complexity index is 551. The van der Waals surface area contributed by atoms with Crippen molar-refractivity contribution in [1.82, 2.24) is 4.98 Å². The second kappa shape index (κ2) is 5.36. The van der Waals surface area contributed by atoms with Gasteiger partial charge in [0.25, 0.3) is 0 Å². The predicted molar refractivity (Wildman–Crippen MR) is 77.8 cm³/mol. The summed E-state index contributed by atoms with van der Waals surface area (Å²) in [5.41, 5.74) is 3.40. The fraction of sp³-hybridized carbons (Fsp3) is 0.357. The molecule has 0 spiro atoms. The fourth-order valence-corrected chi connectivity index (χ4v) is 2.81. The molecule has 0 aliphatic heterocycles. The summed E-state index contributed by atoms with van der Waals surface area (Å²) < 4.78 is 1.11. The van der Waals surface area contributed by atoms with Crippen molar-refractivity contribution in [3.05, 3.63) is 39.0 Å². The molecule has 90 valence electrons. The topological polar surface area (TPSA) is 12.9 Å². The van der Waals surface area contributed by atoms with Crippen molar-refractivity contribution in [1.29, 1.82) is 0 Å². The minimum Gasteiger partial charge on any atom is -0.236 e. The van der Waals surface area contributed by atoms with E-state index in [1.165, 1.54) is 10.9 Å². The van der Waals surface area contributed by atoms with E-state index < -0.39 is 0 Å². The van der Waals surface area contributed by atoms with Gasteiger partial charge in [0.2, 0.25) is 0 Å². The van der Waals surface area contributed by atoms with Gasteiger partial charge in [-0.1, -0.05) is 47.8 Å². The number of hydrogen-bond acceptors (Lipinski definition) is 1. The second-order valence-electron chi connectivity index (χ2n) is 4.18. The second-order valence-corrected chi connectivity index (χ2v) is 5.45. The standard InChI is InChI=1S/C14H15BrClN/c1-3-5-10-6-11-8-12(15)7-9(4-2)13(11)17-14(10)16/h6-8H,3-5H2,1-2H3. The lowest BCUT2D eigenvalue weighted by Crippen LogP contribution is -1.93. The zero-order valence-corrected chi connectivity index (χ0v) is 12.4. The molecule has 1 aromatic heterocycles. The first-order valence-electron chi connectivity index (χ1n) is 5.93. The van der Waals surface area contributed by atoms with E-state index in [-0.39, 0.29) is 0 Å². The van der Waals surface area contributed by atoms with Crippen molar-refractivity contribution in [2.75, 3.05) is 0 Å². The number of aryl methyl sites for hydroxylation is 2. The minimum atomic E-state index is 0.649. The maximum atomic E-state index is 6.23. The Morgan fingerprint density at radius 2 is 1.94 bits per heavy atom. The molecule has 0 amide bonds. The molecule has 3 heteroatoms. The highest BCUT2D eigenvalue weighted by Gasteiger charge is 2.08. The molecule has 2 aromatic rings. The summed E-state index contributed by atoms with van der Waals surface area (Å²) in [4.78, 5) is 4.55. The Balaban J connectivity index is 2.68. The lowest BCUT2D eigenvalue weighted by molar-refractivity contribution is 0.917. The molecule has 0 N–H and O–H groups in total. The number of fused-ring (bicyclic) bond motifs is 1. The average Bonchev–Trinajstić information content (AvgIpc) is 2.30. The van der Waals surface area contributed by atoms with Crippen LogP contribution in [0.1, 0.15) is 31.4 Å². The highest BCUT2D eigenvalue weighted by atomic mass is 79.9. The Hall–Kier alpha value is -0.600. The first-order chi connectivity index (χ1) is 8.15. The van der Waals surface area contributed by atoms with Gasteiger partial charge in [-0.25, -0.2) is 4.98 Å². The number of benzene rings is 1. The number of hydrogen-bond donors (Lipinski definition) is 0. The molecule has 0 aliphatic rings. The molecule has 1 nitrogen and oxygen atoms in total. The van der Waals surface area contributed by atoms with Gasteiger partial charge in [-0.2, -0.15) is 0 Å². The van der Waals surface area contributed by atoms with Crippen LogP contribution < -0.4 is 0 Å². The van der Waals surface area contributed by atoms with Crippen LogP contribution in [0.15, 0.2) is 22.7 Å². The summed E-state index contributed by atoms with van der Waals surface area (Å²) in [5, 5.41) is 1.82. The number of aromatic nitrogens is 1. The minimum absolute atomic E-state index is 0.649. The van der Waals surface area contributed by atoms with Crippen LogP contribution in [0, 0.1) is 0 Å². The van der Waals surface area contributed by atoms with Crippen molar-refractivity contribution in [2.24, 2.45) is 0 Å². The summed E-state index contributed by atoms with van der Waals surface area (Å²) >= 11 is 9.77. The van der Waals surface area contributed by atoms with Crippen molar-refractivity contribution in [3.63, 3.8) is 0 Å². The maximum Gasteiger partial charge on any atom is 0.132 e. The van der Waals surface area contributed by atoms with Crippen LogP contribution in [-0.2, 0) is 12.8 Å². The fourth-order valence-electron chi connectivity index (χ4n) is 2.06. The molecule has 0 aliphatic carbocycles. The molecular formula is C14H15BrClN. The van der Waals surface area contributed by atoms with Crippen molar-refractivity contribution >= 4 is 38.4 Å². The smallest absolute Gasteiger partial charge is 0.132 e. The monoisotopic (exact) mass is 311 g/mol. The summed E-state index contributed by atoms with van der Waals surface area (Å²) in [6.45, 7) is 4.29. The maximum absolute atomic E-state index is 6.23. The largest absolute Gasteiger partial charge is 0.236 e. The van der Waals surface area contributed by atoms with Gasteiger partial charge in [0.05, 0.1) is 5.52 Å². The highest BCUT2D eigenvalue weighted by molar-refractivity contribution is 9.10. The van der Waals surface area contributed by atoms with Crippen LogP contribution in [0.4, 0.5) is 0 Å². The average molecular weight is 313 g/mol. The molecule has 0 unspecified atom stereocenters. The van der Waals surface area contributed by atoms with Crippen LogP contribution in [0.2, 0.25) is 5.15 Å². The zero-order chi connectivity index (χ0) is 12.4. The summed E-state index contributed by atoms with van der Waals surface area (Å²) in [6.07, 6.45) is 3.03. The van der Waals surface area contributed by atoms with Crippen LogP contribution in [0.3, 0.4) is 0 Å². The molecule has 1 heterocycles. The lowest BCUT2D eigenvalue weighted by atomic mass is 10.0. The summed E-state index contributed by atoms with van der Waals surface area (Å²) in [7, 11) is 0. The SMILES string of the molecule is CCCc1cc2cc(Br)cc(CC)c2nc1Cl. The quantitative estimate of drug-likeness (QED) is 0.713. The van der Waals surface area contributed by atoms with Gasteiger partial charge < -0.3 is 0 Å². The third-order valence-electron chi connectivity index (χ3n) is 2.89. The van der Waals surface area contributed by atoms with E-state index in [0.29, 0.717) is 5.15 Å². The van der Waals surface area contributed by atoms with E-state index in [1.54, 1.807) is 0 Å². The molecular weight excluding hydrogens is 298 g/mol. The molecule has 1 aromatic carbocycles. The van der Waals surface area contributed by atoms with E-state index in [1.807, 2.05) is 0 Å². The Labute approximate surface area is 115 Å². The van der Waals surface area contributed by atoms with E-state index in [0.717, 1.165) is 34.8 Å². The van der Waals surface area contributed by atoms with Crippen molar-refractivity contribution in [3.8, 4) is 0 Å². The van der Waals surface area contributed by atoms with Crippen molar-refractivity contribution in [2.45, 2.75) is 33.1 Å². The third-order valence-corrected chi connectivity index (χ3v) is 3.67. The van der Waals surface area contributed by atoms with Gasteiger partial charge in [0.1, 0.15) is 5.15 Å². The predicted octanol–water partition coefficient (Wildman–Crippen LogP) is 5.17. The van der Waals surface area contributed by atoms with Crippen LogP contribution in [0.5, 0.6) is 0 Å². The molecule has 0 fully saturated rings. The van der Waals surface area contributed by atoms with Crippen LogP contribution in [-0.4, -0.2) is 4.98 Å². The first kappa shape index (κ1) is 12.8. The Kier molecular flexibility index (Phi) is 4.05. The molecule has 0 saturated heterocycles. The molecule has 17 heavy (non-hydrogen) atoms. The zero-order valence-electron chi connectivity index (χ0n) is 10.1. The molecule has 0 atom stereocenters. The van der Waals surface area contributed by atoms with E-state index in [2.05, 4.69) is 53.0 Å².